The number of carbonyl (C=O) groups is 1. The van der Waals surface area contributed by atoms with Crippen molar-refractivity contribution in [1.29, 1.82) is 0 Å². The summed E-state index contributed by atoms with van der Waals surface area (Å²) in [4.78, 5) is 10.5. The third-order valence-corrected chi connectivity index (χ3v) is 2.92. The first-order chi connectivity index (χ1) is 7.78. The van der Waals surface area contributed by atoms with E-state index in [0.717, 1.165) is 17.7 Å². The van der Waals surface area contributed by atoms with Crippen molar-refractivity contribution in [2.75, 3.05) is 13.2 Å². The fourth-order valence-corrected chi connectivity index (χ4v) is 1.89. The fraction of sp³-hybridized carbons (Fsp3) is 0.417. The predicted molar refractivity (Wildman–Crippen MR) is 62.8 cm³/mol. The highest BCUT2D eigenvalue weighted by Gasteiger charge is 2.20. The molecular formula is C12H14ClNO2. The zero-order chi connectivity index (χ0) is 11.4. The molecular weight excluding hydrogens is 226 g/mol. The van der Waals surface area contributed by atoms with Gasteiger partial charge in [-0.3, -0.25) is 0 Å². The van der Waals surface area contributed by atoms with Crippen molar-refractivity contribution in [2.45, 2.75) is 18.6 Å². The monoisotopic (exact) mass is 239 g/mol. The Labute approximate surface area is 99.7 Å². The van der Waals surface area contributed by atoms with Crippen LogP contribution >= 0.6 is 11.6 Å². The molecule has 0 aliphatic carbocycles. The molecule has 0 radical (unpaired) electrons. The lowest BCUT2D eigenvalue weighted by Gasteiger charge is -2.27. The maximum absolute atomic E-state index is 10.5. The van der Waals surface area contributed by atoms with E-state index in [1.54, 1.807) is 0 Å². The van der Waals surface area contributed by atoms with Crippen LogP contribution in [0.3, 0.4) is 0 Å². The second kappa shape index (κ2) is 5.43. The molecule has 2 atom stereocenters. The Balaban J connectivity index is 1.86. The number of hydrogen-bond donors (Lipinski definition) is 1. The summed E-state index contributed by atoms with van der Waals surface area (Å²) >= 11 is 5.81. The maximum atomic E-state index is 10.5. The van der Waals surface area contributed by atoms with E-state index in [9.17, 15) is 4.79 Å². The molecule has 4 heteroatoms. The zero-order valence-corrected chi connectivity index (χ0v) is 9.61. The molecule has 1 aromatic rings. The molecule has 3 nitrogen and oxygen atoms in total. The number of halogens is 1. The smallest absolute Gasteiger partial charge is 0.150 e. The van der Waals surface area contributed by atoms with E-state index in [4.69, 9.17) is 16.3 Å². The highest BCUT2D eigenvalue weighted by molar-refractivity contribution is 6.30. The normalized spacial score (nSPS) is 25.3. The molecule has 1 N–H and O–H groups in total. The van der Waals surface area contributed by atoms with Gasteiger partial charge in [0, 0.05) is 17.6 Å². The molecule has 1 heterocycles. The number of carbonyl (C=O) groups excluding carboxylic acids is 1. The van der Waals surface area contributed by atoms with Gasteiger partial charge in [0.15, 0.2) is 0 Å². The number of morpholine rings is 1. The summed E-state index contributed by atoms with van der Waals surface area (Å²) in [6.07, 6.45) is 1.44. The van der Waals surface area contributed by atoms with Crippen LogP contribution in [0.15, 0.2) is 24.3 Å². The van der Waals surface area contributed by atoms with Crippen LogP contribution < -0.4 is 5.32 Å². The van der Waals surface area contributed by atoms with Crippen LogP contribution in [0.25, 0.3) is 0 Å². The molecule has 0 amide bonds. The van der Waals surface area contributed by atoms with E-state index >= 15 is 0 Å². The van der Waals surface area contributed by atoms with Gasteiger partial charge < -0.3 is 14.8 Å². The largest absolute Gasteiger partial charge is 0.368 e. The van der Waals surface area contributed by atoms with Crippen molar-refractivity contribution >= 4 is 17.9 Å². The van der Waals surface area contributed by atoms with E-state index < -0.39 is 0 Å². The minimum absolute atomic E-state index is 0.275. The van der Waals surface area contributed by atoms with Gasteiger partial charge >= 0.3 is 0 Å². The van der Waals surface area contributed by atoms with Gasteiger partial charge in [0.25, 0.3) is 0 Å². The van der Waals surface area contributed by atoms with Gasteiger partial charge in [0.1, 0.15) is 12.4 Å². The first-order valence-corrected chi connectivity index (χ1v) is 5.70. The van der Waals surface area contributed by atoms with Gasteiger partial charge in [0.05, 0.1) is 6.61 Å². The molecule has 16 heavy (non-hydrogen) atoms. The zero-order valence-electron chi connectivity index (χ0n) is 8.86. The van der Waals surface area contributed by atoms with Gasteiger partial charge in [-0.15, -0.1) is 0 Å². The number of hydrogen-bond acceptors (Lipinski definition) is 3. The Kier molecular flexibility index (Phi) is 3.93. The van der Waals surface area contributed by atoms with Crippen molar-refractivity contribution in [2.24, 2.45) is 0 Å². The van der Waals surface area contributed by atoms with Crippen LogP contribution in [0, 0.1) is 0 Å². The lowest BCUT2D eigenvalue weighted by molar-refractivity contribution is -0.120. The Morgan fingerprint density at radius 1 is 1.44 bits per heavy atom. The molecule has 2 rings (SSSR count). The Morgan fingerprint density at radius 2 is 2.19 bits per heavy atom. The molecule has 2 unspecified atom stereocenters. The Morgan fingerprint density at radius 3 is 2.75 bits per heavy atom. The molecule has 0 saturated carbocycles. The molecule has 1 aliphatic rings. The summed E-state index contributed by atoms with van der Waals surface area (Å²) in [5.41, 5.74) is 1.22. The number of benzene rings is 1. The van der Waals surface area contributed by atoms with E-state index in [1.165, 1.54) is 5.56 Å². The lowest BCUT2D eigenvalue weighted by Crippen LogP contribution is -2.47. The topological polar surface area (TPSA) is 38.3 Å². The average molecular weight is 240 g/mol. The standard InChI is InChI=1S/C12H14ClNO2/c13-10-3-1-9(2-4-10)5-11-8-16-12(7-15)6-14-11/h1-4,7,11-12,14H,5-6,8H2. The first-order valence-electron chi connectivity index (χ1n) is 5.32. The minimum Gasteiger partial charge on any atom is -0.368 e. The summed E-state index contributed by atoms with van der Waals surface area (Å²) in [5, 5.41) is 4.04. The van der Waals surface area contributed by atoms with Crippen molar-refractivity contribution in [3.05, 3.63) is 34.9 Å². The minimum atomic E-state index is -0.290. The van der Waals surface area contributed by atoms with E-state index in [2.05, 4.69) is 5.32 Å². The summed E-state index contributed by atoms with van der Waals surface area (Å²) in [6, 6.07) is 8.06. The Bertz CT molecular complexity index is 345. The molecule has 0 bridgehead atoms. The highest BCUT2D eigenvalue weighted by atomic mass is 35.5. The van der Waals surface area contributed by atoms with Crippen LogP contribution in [0.4, 0.5) is 0 Å². The summed E-state index contributed by atoms with van der Waals surface area (Å²) < 4.78 is 5.38. The molecule has 1 aromatic carbocycles. The predicted octanol–water partition coefficient (Wildman–Crippen LogP) is 1.44. The van der Waals surface area contributed by atoms with Crippen LogP contribution in [0.2, 0.25) is 5.02 Å². The van der Waals surface area contributed by atoms with E-state index in [1.807, 2.05) is 24.3 Å². The highest BCUT2D eigenvalue weighted by Crippen LogP contribution is 2.12. The van der Waals surface area contributed by atoms with Gasteiger partial charge in [0.2, 0.25) is 0 Å². The van der Waals surface area contributed by atoms with Crippen molar-refractivity contribution in [1.82, 2.24) is 5.32 Å². The SMILES string of the molecule is O=CC1CNC(Cc2ccc(Cl)cc2)CO1. The maximum Gasteiger partial charge on any atom is 0.150 e. The van der Waals surface area contributed by atoms with E-state index in [-0.39, 0.29) is 12.1 Å². The van der Waals surface area contributed by atoms with Crippen molar-refractivity contribution in [3.8, 4) is 0 Å². The van der Waals surface area contributed by atoms with Crippen LogP contribution in [0.1, 0.15) is 5.56 Å². The van der Waals surface area contributed by atoms with Gasteiger partial charge in [-0.2, -0.15) is 0 Å². The quantitative estimate of drug-likeness (QED) is 0.812. The van der Waals surface area contributed by atoms with E-state index in [0.29, 0.717) is 13.2 Å². The average Bonchev–Trinajstić information content (AvgIpc) is 2.33. The second-order valence-electron chi connectivity index (χ2n) is 3.94. The number of rotatable bonds is 3. The fourth-order valence-electron chi connectivity index (χ4n) is 1.76. The molecule has 1 fully saturated rings. The van der Waals surface area contributed by atoms with Gasteiger partial charge in [-0.1, -0.05) is 23.7 Å². The van der Waals surface area contributed by atoms with Crippen LogP contribution in [0.5, 0.6) is 0 Å². The molecule has 1 aliphatic heterocycles. The summed E-state index contributed by atoms with van der Waals surface area (Å²) in [6.45, 7) is 1.17. The van der Waals surface area contributed by atoms with Gasteiger partial charge in [-0.25, -0.2) is 0 Å². The second-order valence-corrected chi connectivity index (χ2v) is 4.38. The first kappa shape index (κ1) is 11.6. The number of ether oxygens (including phenoxy) is 1. The number of aldehydes is 1. The number of nitrogens with one attached hydrogen (secondary N) is 1. The lowest BCUT2D eigenvalue weighted by atomic mass is 10.1. The summed E-state index contributed by atoms with van der Waals surface area (Å²) in [7, 11) is 0. The van der Waals surface area contributed by atoms with Crippen molar-refractivity contribution in [3.63, 3.8) is 0 Å². The third-order valence-electron chi connectivity index (χ3n) is 2.67. The summed E-state index contributed by atoms with van der Waals surface area (Å²) in [5.74, 6) is 0. The van der Waals surface area contributed by atoms with Gasteiger partial charge in [-0.05, 0) is 24.1 Å². The molecule has 0 spiro atoms. The molecule has 0 aromatic heterocycles. The van der Waals surface area contributed by atoms with Crippen LogP contribution in [-0.2, 0) is 16.0 Å². The van der Waals surface area contributed by atoms with Crippen LogP contribution in [-0.4, -0.2) is 31.6 Å². The van der Waals surface area contributed by atoms with Crippen molar-refractivity contribution < 1.29 is 9.53 Å². The third kappa shape index (κ3) is 3.04. The molecule has 1 saturated heterocycles. The Hall–Kier alpha value is -0.900. The molecule has 86 valence electrons.